The Bertz CT molecular complexity index is 193. The molecule has 15 heavy (non-hydrogen) atoms. The summed E-state index contributed by atoms with van der Waals surface area (Å²) in [4.78, 5) is 0. The third-order valence-corrected chi connectivity index (χ3v) is 3.97. The average Bonchev–Trinajstić information content (AvgIpc) is 2.95. The van der Waals surface area contributed by atoms with Gasteiger partial charge in [-0.3, -0.25) is 0 Å². The highest BCUT2D eigenvalue weighted by Gasteiger charge is 2.35. The summed E-state index contributed by atoms with van der Waals surface area (Å²) in [6.45, 7) is 7.08. The molecule has 1 aliphatic carbocycles. The Kier molecular flexibility index (Phi) is 4.04. The minimum Gasteiger partial charge on any atom is -0.313 e. The first-order chi connectivity index (χ1) is 7.29. The van der Waals surface area contributed by atoms with Crippen molar-refractivity contribution in [2.45, 2.75) is 58.0 Å². The molecule has 4 unspecified atom stereocenters. The molecule has 1 heterocycles. The molecule has 1 saturated heterocycles. The predicted molar refractivity (Wildman–Crippen MR) is 65.0 cm³/mol. The minimum absolute atomic E-state index is 0.733. The molecule has 2 heteroatoms. The van der Waals surface area contributed by atoms with Crippen LogP contribution in [-0.4, -0.2) is 25.2 Å². The summed E-state index contributed by atoms with van der Waals surface area (Å²) in [6, 6.07) is 1.58. The van der Waals surface area contributed by atoms with Crippen molar-refractivity contribution in [3.05, 3.63) is 0 Å². The number of piperidine rings is 1. The van der Waals surface area contributed by atoms with Crippen molar-refractivity contribution in [2.24, 2.45) is 11.8 Å². The molecule has 0 aromatic carbocycles. The van der Waals surface area contributed by atoms with E-state index >= 15 is 0 Å². The second-order valence-corrected chi connectivity index (χ2v) is 5.58. The smallest absolute Gasteiger partial charge is 0.0195 e. The Morgan fingerprint density at radius 3 is 2.93 bits per heavy atom. The minimum atomic E-state index is 0.733. The topological polar surface area (TPSA) is 24.1 Å². The van der Waals surface area contributed by atoms with Crippen LogP contribution in [0.25, 0.3) is 0 Å². The summed E-state index contributed by atoms with van der Waals surface area (Å²) in [5.41, 5.74) is 0. The summed E-state index contributed by atoms with van der Waals surface area (Å²) < 4.78 is 0. The summed E-state index contributed by atoms with van der Waals surface area (Å²) in [6.07, 6.45) is 6.92. The number of hydrogen-bond acceptors (Lipinski definition) is 2. The van der Waals surface area contributed by atoms with Gasteiger partial charge in [0, 0.05) is 18.6 Å². The van der Waals surface area contributed by atoms with Gasteiger partial charge in [-0.15, -0.1) is 0 Å². The lowest BCUT2D eigenvalue weighted by Gasteiger charge is -2.28. The van der Waals surface area contributed by atoms with E-state index in [4.69, 9.17) is 0 Å². The maximum atomic E-state index is 3.72. The first-order valence-electron chi connectivity index (χ1n) is 6.76. The Balaban J connectivity index is 1.58. The standard InChI is InChI=1S/C13H26N2/c1-3-4-11-8-13(11)15-9-12-7-10(2)5-6-14-12/h10-15H,3-9H2,1-2H3. The fraction of sp³-hybridized carbons (Fsp3) is 1.00. The molecule has 2 rings (SSSR count). The van der Waals surface area contributed by atoms with Gasteiger partial charge in [0.05, 0.1) is 0 Å². The van der Waals surface area contributed by atoms with Crippen molar-refractivity contribution in [3.63, 3.8) is 0 Å². The van der Waals surface area contributed by atoms with Gasteiger partial charge in [0.1, 0.15) is 0 Å². The highest BCUT2D eigenvalue weighted by atomic mass is 15.0. The first kappa shape index (κ1) is 11.4. The van der Waals surface area contributed by atoms with E-state index in [2.05, 4.69) is 24.5 Å². The normalized spacial score (nSPS) is 40.4. The molecular formula is C13H26N2. The van der Waals surface area contributed by atoms with Crippen LogP contribution in [0, 0.1) is 11.8 Å². The lowest BCUT2D eigenvalue weighted by molar-refractivity contribution is 0.309. The number of nitrogens with one attached hydrogen (secondary N) is 2. The van der Waals surface area contributed by atoms with Gasteiger partial charge >= 0.3 is 0 Å². The molecule has 4 atom stereocenters. The van der Waals surface area contributed by atoms with E-state index in [1.54, 1.807) is 0 Å². The second kappa shape index (κ2) is 5.31. The zero-order chi connectivity index (χ0) is 10.7. The lowest BCUT2D eigenvalue weighted by atomic mass is 9.94. The van der Waals surface area contributed by atoms with E-state index in [-0.39, 0.29) is 0 Å². The van der Waals surface area contributed by atoms with Crippen LogP contribution in [0.15, 0.2) is 0 Å². The van der Waals surface area contributed by atoms with Crippen molar-refractivity contribution >= 4 is 0 Å². The van der Waals surface area contributed by atoms with E-state index in [1.165, 1.54) is 45.2 Å². The third-order valence-electron chi connectivity index (χ3n) is 3.97. The fourth-order valence-electron chi connectivity index (χ4n) is 2.86. The Morgan fingerprint density at radius 2 is 2.20 bits per heavy atom. The zero-order valence-corrected chi connectivity index (χ0v) is 10.3. The number of rotatable bonds is 5. The van der Waals surface area contributed by atoms with E-state index in [9.17, 15) is 0 Å². The summed E-state index contributed by atoms with van der Waals surface area (Å²) in [7, 11) is 0. The van der Waals surface area contributed by atoms with E-state index < -0.39 is 0 Å². The zero-order valence-electron chi connectivity index (χ0n) is 10.3. The van der Waals surface area contributed by atoms with E-state index in [1.807, 2.05) is 0 Å². The van der Waals surface area contributed by atoms with Crippen LogP contribution >= 0.6 is 0 Å². The molecule has 1 aliphatic heterocycles. The van der Waals surface area contributed by atoms with Gasteiger partial charge in [-0.25, -0.2) is 0 Å². The molecule has 1 saturated carbocycles. The first-order valence-corrected chi connectivity index (χ1v) is 6.76. The molecule has 2 fully saturated rings. The van der Waals surface area contributed by atoms with Crippen molar-refractivity contribution < 1.29 is 0 Å². The quantitative estimate of drug-likeness (QED) is 0.726. The van der Waals surface area contributed by atoms with Crippen molar-refractivity contribution in [2.75, 3.05) is 13.1 Å². The molecular weight excluding hydrogens is 184 g/mol. The van der Waals surface area contributed by atoms with Gasteiger partial charge in [-0.05, 0) is 44.1 Å². The van der Waals surface area contributed by atoms with Gasteiger partial charge in [-0.1, -0.05) is 20.3 Å². The molecule has 0 amide bonds. The Labute approximate surface area is 94.2 Å². The lowest BCUT2D eigenvalue weighted by Crippen LogP contribution is -2.44. The largest absolute Gasteiger partial charge is 0.313 e. The van der Waals surface area contributed by atoms with Crippen LogP contribution in [0.1, 0.15) is 46.0 Å². The SMILES string of the molecule is CCCC1CC1NCC1CC(C)CCN1. The van der Waals surface area contributed by atoms with Crippen molar-refractivity contribution in [1.29, 1.82) is 0 Å². The maximum absolute atomic E-state index is 3.72. The molecule has 88 valence electrons. The molecule has 2 N–H and O–H groups in total. The van der Waals surface area contributed by atoms with Crippen LogP contribution in [-0.2, 0) is 0 Å². The van der Waals surface area contributed by atoms with Crippen LogP contribution in [0.2, 0.25) is 0 Å². The highest BCUT2D eigenvalue weighted by Crippen LogP contribution is 2.34. The molecule has 0 radical (unpaired) electrons. The molecule has 0 spiro atoms. The van der Waals surface area contributed by atoms with Crippen LogP contribution in [0.5, 0.6) is 0 Å². The monoisotopic (exact) mass is 210 g/mol. The van der Waals surface area contributed by atoms with Gasteiger partial charge in [0.25, 0.3) is 0 Å². The average molecular weight is 210 g/mol. The maximum Gasteiger partial charge on any atom is 0.0195 e. The Hall–Kier alpha value is -0.0800. The van der Waals surface area contributed by atoms with Gasteiger partial charge in [0.2, 0.25) is 0 Å². The second-order valence-electron chi connectivity index (χ2n) is 5.58. The highest BCUT2D eigenvalue weighted by molar-refractivity contribution is 4.93. The van der Waals surface area contributed by atoms with Crippen LogP contribution < -0.4 is 10.6 Å². The van der Waals surface area contributed by atoms with Crippen LogP contribution in [0.4, 0.5) is 0 Å². The van der Waals surface area contributed by atoms with Crippen LogP contribution in [0.3, 0.4) is 0 Å². The van der Waals surface area contributed by atoms with Gasteiger partial charge < -0.3 is 10.6 Å². The Morgan fingerprint density at radius 1 is 1.33 bits per heavy atom. The van der Waals surface area contributed by atoms with Crippen molar-refractivity contribution in [3.8, 4) is 0 Å². The molecule has 2 nitrogen and oxygen atoms in total. The molecule has 0 bridgehead atoms. The fourth-order valence-corrected chi connectivity index (χ4v) is 2.86. The molecule has 0 aromatic heterocycles. The van der Waals surface area contributed by atoms with Crippen molar-refractivity contribution in [1.82, 2.24) is 10.6 Å². The number of hydrogen-bond donors (Lipinski definition) is 2. The summed E-state index contributed by atoms with van der Waals surface area (Å²) >= 11 is 0. The summed E-state index contributed by atoms with van der Waals surface area (Å²) in [5.74, 6) is 1.92. The third kappa shape index (κ3) is 3.46. The predicted octanol–water partition coefficient (Wildman–Crippen LogP) is 2.15. The van der Waals surface area contributed by atoms with E-state index in [0.29, 0.717) is 0 Å². The molecule has 2 aliphatic rings. The van der Waals surface area contributed by atoms with Gasteiger partial charge in [-0.2, -0.15) is 0 Å². The summed E-state index contributed by atoms with van der Waals surface area (Å²) in [5, 5.41) is 7.34. The van der Waals surface area contributed by atoms with Gasteiger partial charge in [0.15, 0.2) is 0 Å². The van der Waals surface area contributed by atoms with E-state index in [0.717, 1.165) is 23.9 Å². The molecule has 0 aromatic rings.